The normalized spacial score (nSPS) is 12.4. The van der Waals surface area contributed by atoms with Gasteiger partial charge in [-0.2, -0.15) is 0 Å². The predicted octanol–water partition coefficient (Wildman–Crippen LogP) is 3.68. The van der Waals surface area contributed by atoms with Crippen molar-refractivity contribution in [2.24, 2.45) is 0 Å². The Morgan fingerprint density at radius 1 is 0.947 bits per heavy atom. The molecule has 4 nitrogen and oxygen atoms in total. The minimum atomic E-state index is -0.481. The average molecular weight is 274 g/mol. The van der Waals surface area contributed by atoms with E-state index in [1.54, 1.807) is 7.11 Å². The van der Waals surface area contributed by atoms with Gasteiger partial charge >= 0.3 is 5.97 Å². The third kappa shape index (κ3) is 11.0. The minimum Gasteiger partial charge on any atom is -0.467 e. The fraction of sp³-hybridized carbons (Fsp3) is 0.933. The van der Waals surface area contributed by atoms with Gasteiger partial charge in [0.1, 0.15) is 6.79 Å². The topological polar surface area (TPSA) is 44.8 Å². The van der Waals surface area contributed by atoms with Crippen LogP contribution in [0.3, 0.4) is 0 Å². The standard InChI is InChI=1S/C15H30O4/c1-4-5-6-7-8-9-10-11-12-14(15(16)18-3)19-13-17-2/h14H,4-13H2,1-3H3. The highest BCUT2D eigenvalue weighted by molar-refractivity contribution is 5.74. The van der Waals surface area contributed by atoms with Crippen LogP contribution in [0.1, 0.15) is 64.7 Å². The Hall–Kier alpha value is -0.610. The summed E-state index contributed by atoms with van der Waals surface area (Å²) in [4.78, 5) is 11.5. The molecule has 0 bridgehead atoms. The van der Waals surface area contributed by atoms with Crippen LogP contribution in [0.2, 0.25) is 0 Å². The Bertz CT molecular complexity index is 206. The predicted molar refractivity (Wildman–Crippen MR) is 76.0 cm³/mol. The van der Waals surface area contributed by atoms with E-state index in [0.717, 1.165) is 12.8 Å². The van der Waals surface area contributed by atoms with E-state index in [0.29, 0.717) is 6.42 Å². The molecule has 4 heteroatoms. The van der Waals surface area contributed by atoms with E-state index >= 15 is 0 Å². The number of unbranched alkanes of at least 4 members (excludes halogenated alkanes) is 7. The van der Waals surface area contributed by atoms with E-state index in [2.05, 4.69) is 6.92 Å². The molecule has 0 rings (SSSR count). The summed E-state index contributed by atoms with van der Waals surface area (Å²) in [6.07, 6.45) is 10.2. The molecule has 0 fully saturated rings. The Morgan fingerprint density at radius 3 is 2.05 bits per heavy atom. The number of ether oxygens (including phenoxy) is 3. The van der Waals surface area contributed by atoms with Crippen molar-refractivity contribution in [1.29, 1.82) is 0 Å². The lowest BCUT2D eigenvalue weighted by molar-refractivity contribution is -0.163. The molecule has 0 heterocycles. The lowest BCUT2D eigenvalue weighted by atomic mass is 10.1. The van der Waals surface area contributed by atoms with Crippen molar-refractivity contribution in [2.45, 2.75) is 70.8 Å². The maximum atomic E-state index is 11.5. The number of hydrogen-bond acceptors (Lipinski definition) is 4. The van der Waals surface area contributed by atoms with E-state index in [9.17, 15) is 4.79 Å². The molecule has 114 valence electrons. The molecule has 0 spiro atoms. The molecule has 1 unspecified atom stereocenters. The van der Waals surface area contributed by atoms with Crippen molar-refractivity contribution in [3.8, 4) is 0 Å². The molecule has 1 atom stereocenters. The monoisotopic (exact) mass is 274 g/mol. The van der Waals surface area contributed by atoms with Crippen LogP contribution < -0.4 is 0 Å². The Balaban J connectivity index is 3.55. The van der Waals surface area contributed by atoms with Crippen LogP contribution in [0.15, 0.2) is 0 Å². The maximum Gasteiger partial charge on any atom is 0.335 e. The van der Waals surface area contributed by atoms with Gasteiger partial charge in [0.15, 0.2) is 6.10 Å². The molecule has 0 saturated carbocycles. The van der Waals surface area contributed by atoms with Crippen molar-refractivity contribution in [1.82, 2.24) is 0 Å². The van der Waals surface area contributed by atoms with E-state index in [1.807, 2.05) is 0 Å². The third-order valence-corrected chi connectivity index (χ3v) is 3.17. The van der Waals surface area contributed by atoms with Gasteiger partial charge in [0, 0.05) is 7.11 Å². The molecule has 0 aliphatic carbocycles. The summed E-state index contributed by atoms with van der Waals surface area (Å²) in [6.45, 7) is 2.36. The lowest BCUT2D eigenvalue weighted by Gasteiger charge is -2.14. The van der Waals surface area contributed by atoms with Crippen molar-refractivity contribution >= 4 is 5.97 Å². The Labute approximate surface area is 117 Å². The fourth-order valence-electron chi connectivity index (χ4n) is 2.01. The summed E-state index contributed by atoms with van der Waals surface area (Å²) in [5, 5.41) is 0. The van der Waals surface area contributed by atoms with Crippen LogP contribution in [-0.2, 0) is 19.0 Å². The van der Waals surface area contributed by atoms with Gasteiger partial charge in [-0.25, -0.2) is 4.79 Å². The number of esters is 1. The van der Waals surface area contributed by atoms with E-state index in [-0.39, 0.29) is 12.8 Å². The largest absolute Gasteiger partial charge is 0.467 e. The van der Waals surface area contributed by atoms with Gasteiger partial charge in [-0.15, -0.1) is 0 Å². The highest BCUT2D eigenvalue weighted by atomic mass is 16.7. The summed E-state index contributed by atoms with van der Waals surface area (Å²) < 4.78 is 14.8. The first-order valence-corrected chi connectivity index (χ1v) is 7.44. The first kappa shape index (κ1) is 18.4. The highest BCUT2D eigenvalue weighted by Gasteiger charge is 2.18. The Kier molecular flexibility index (Phi) is 13.4. The summed E-state index contributed by atoms with van der Waals surface area (Å²) in [5.74, 6) is -0.306. The maximum absolute atomic E-state index is 11.5. The second-order valence-corrected chi connectivity index (χ2v) is 4.85. The molecule has 0 N–H and O–H groups in total. The molecule has 0 aliphatic rings. The minimum absolute atomic E-state index is 0.136. The van der Waals surface area contributed by atoms with Crippen LogP contribution in [0.5, 0.6) is 0 Å². The second kappa shape index (κ2) is 13.8. The van der Waals surface area contributed by atoms with Crippen LogP contribution >= 0.6 is 0 Å². The lowest BCUT2D eigenvalue weighted by Crippen LogP contribution is -2.26. The first-order valence-electron chi connectivity index (χ1n) is 7.44. The molecule has 0 saturated heterocycles. The van der Waals surface area contributed by atoms with Gasteiger partial charge in [0.05, 0.1) is 7.11 Å². The Morgan fingerprint density at radius 2 is 1.53 bits per heavy atom. The quantitative estimate of drug-likeness (QED) is 0.292. The van der Waals surface area contributed by atoms with Gasteiger partial charge in [0.25, 0.3) is 0 Å². The van der Waals surface area contributed by atoms with Crippen LogP contribution in [0.25, 0.3) is 0 Å². The zero-order valence-corrected chi connectivity index (χ0v) is 12.8. The van der Waals surface area contributed by atoms with Crippen molar-refractivity contribution in [2.75, 3.05) is 21.0 Å². The van der Waals surface area contributed by atoms with Crippen LogP contribution in [0.4, 0.5) is 0 Å². The van der Waals surface area contributed by atoms with E-state index < -0.39 is 6.10 Å². The summed E-state index contributed by atoms with van der Waals surface area (Å²) in [7, 11) is 2.93. The average Bonchev–Trinajstić information content (AvgIpc) is 2.44. The zero-order valence-electron chi connectivity index (χ0n) is 12.8. The molecular weight excluding hydrogens is 244 g/mol. The zero-order chi connectivity index (χ0) is 14.3. The van der Waals surface area contributed by atoms with Crippen LogP contribution in [-0.4, -0.2) is 33.1 Å². The number of methoxy groups -OCH3 is 2. The number of hydrogen-bond donors (Lipinski definition) is 0. The fourth-order valence-corrected chi connectivity index (χ4v) is 2.01. The number of carbonyl (C=O) groups is 1. The number of carbonyl (C=O) groups excluding carboxylic acids is 1. The highest BCUT2D eigenvalue weighted by Crippen LogP contribution is 2.12. The molecular formula is C15H30O4. The molecule has 0 aromatic rings. The third-order valence-electron chi connectivity index (χ3n) is 3.17. The van der Waals surface area contributed by atoms with Gasteiger partial charge in [0.2, 0.25) is 0 Å². The van der Waals surface area contributed by atoms with Gasteiger partial charge in [-0.3, -0.25) is 0 Å². The van der Waals surface area contributed by atoms with Crippen LogP contribution in [0, 0.1) is 0 Å². The van der Waals surface area contributed by atoms with Gasteiger partial charge in [-0.1, -0.05) is 58.3 Å². The number of rotatable bonds is 13. The summed E-state index contributed by atoms with van der Waals surface area (Å²) in [5.41, 5.74) is 0. The molecule has 0 aromatic heterocycles. The summed E-state index contributed by atoms with van der Waals surface area (Å²) >= 11 is 0. The molecule has 0 amide bonds. The summed E-state index contributed by atoms with van der Waals surface area (Å²) in [6, 6.07) is 0. The molecule has 0 radical (unpaired) electrons. The first-order chi connectivity index (χ1) is 9.26. The second-order valence-electron chi connectivity index (χ2n) is 4.85. The van der Waals surface area contributed by atoms with E-state index in [1.165, 1.54) is 45.6 Å². The van der Waals surface area contributed by atoms with Crippen molar-refractivity contribution < 1.29 is 19.0 Å². The molecule has 19 heavy (non-hydrogen) atoms. The SMILES string of the molecule is CCCCCCCCCCC(OCOC)C(=O)OC. The van der Waals surface area contributed by atoms with Crippen molar-refractivity contribution in [3.05, 3.63) is 0 Å². The van der Waals surface area contributed by atoms with E-state index in [4.69, 9.17) is 14.2 Å². The van der Waals surface area contributed by atoms with Gasteiger partial charge < -0.3 is 14.2 Å². The molecule has 0 aromatic carbocycles. The van der Waals surface area contributed by atoms with Gasteiger partial charge in [-0.05, 0) is 6.42 Å². The molecule has 0 aliphatic heterocycles. The smallest absolute Gasteiger partial charge is 0.335 e. The van der Waals surface area contributed by atoms with Crippen molar-refractivity contribution in [3.63, 3.8) is 0 Å².